The van der Waals surface area contributed by atoms with Crippen LogP contribution in [-0.2, 0) is 10.0 Å². The van der Waals surface area contributed by atoms with Crippen LogP contribution in [0.15, 0.2) is 33.7 Å². The lowest BCUT2D eigenvalue weighted by atomic mass is 9.97. The van der Waals surface area contributed by atoms with Crippen LogP contribution in [0.5, 0.6) is 0 Å². The summed E-state index contributed by atoms with van der Waals surface area (Å²) in [4.78, 5) is 8.22. The zero-order chi connectivity index (χ0) is 17.6. The summed E-state index contributed by atoms with van der Waals surface area (Å²) >= 11 is 0. The SMILES string of the molecule is Cc1noc(C)c1S(=O)(=O)N1CCC(c2nc3ccccc3[nH]2)CC1. The minimum Gasteiger partial charge on any atom is -0.360 e. The molecule has 1 aliphatic rings. The van der Waals surface area contributed by atoms with Crippen molar-refractivity contribution >= 4 is 21.1 Å². The van der Waals surface area contributed by atoms with Gasteiger partial charge in [-0.05, 0) is 38.8 Å². The molecule has 0 saturated carbocycles. The Morgan fingerprint density at radius 1 is 1.20 bits per heavy atom. The molecule has 3 heterocycles. The molecule has 8 heteroatoms. The maximum Gasteiger partial charge on any atom is 0.248 e. The summed E-state index contributed by atoms with van der Waals surface area (Å²) in [5.41, 5.74) is 2.38. The zero-order valence-electron chi connectivity index (χ0n) is 14.2. The van der Waals surface area contributed by atoms with Gasteiger partial charge in [-0.25, -0.2) is 13.4 Å². The first-order valence-corrected chi connectivity index (χ1v) is 9.78. The molecule has 1 aromatic carbocycles. The fourth-order valence-electron chi connectivity index (χ4n) is 3.51. The Labute approximate surface area is 146 Å². The smallest absolute Gasteiger partial charge is 0.248 e. The van der Waals surface area contributed by atoms with Crippen molar-refractivity contribution < 1.29 is 12.9 Å². The average molecular weight is 360 g/mol. The van der Waals surface area contributed by atoms with Gasteiger partial charge in [-0.3, -0.25) is 0 Å². The van der Waals surface area contributed by atoms with Crippen molar-refractivity contribution in [2.45, 2.75) is 37.5 Å². The summed E-state index contributed by atoms with van der Waals surface area (Å²) in [5, 5.41) is 3.77. The van der Waals surface area contributed by atoms with Gasteiger partial charge in [0.05, 0.1) is 11.0 Å². The quantitative estimate of drug-likeness (QED) is 0.775. The Bertz CT molecular complexity index is 961. The van der Waals surface area contributed by atoms with Gasteiger partial charge in [-0.15, -0.1) is 0 Å². The predicted octanol–water partition coefficient (Wildman–Crippen LogP) is 2.74. The van der Waals surface area contributed by atoms with Crippen LogP contribution in [-0.4, -0.2) is 40.9 Å². The van der Waals surface area contributed by atoms with Crippen molar-refractivity contribution in [1.82, 2.24) is 19.4 Å². The predicted molar refractivity (Wildman–Crippen MR) is 92.8 cm³/mol. The van der Waals surface area contributed by atoms with Gasteiger partial charge in [0.15, 0.2) is 5.76 Å². The van der Waals surface area contributed by atoms with Crippen molar-refractivity contribution in [2.24, 2.45) is 0 Å². The molecule has 0 unspecified atom stereocenters. The Kier molecular flexibility index (Phi) is 3.88. The second-order valence-corrected chi connectivity index (χ2v) is 8.35. The highest BCUT2D eigenvalue weighted by Crippen LogP contribution is 2.31. The van der Waals surface area contributed by atoms with Gasteiger partial charge in [-0.1, -0.05) is 17.3 Å². The van der Waals surface area contributed by atoms with Crippen molar-refractivity contribution in [3.05, 3.63) is 41.5 Å². The summed E-state index contributed by atoms with van der Waals surface area (Å²) < 4.78 is 32.3. The molecule has 0 radical (unpaired) electrons. The Balaban J connectivity index is 1.53. The lowest BCUT2D eigenvalue weighted by Gasteiger charge is -2.30. The summed E-state index contributed by atoms with van der Waals surface area (Å²) in [6, 6.07) is 7.92. The number of rotatable bonds is 3. The highest BCUT2D eigenvalue weighted by molar-refractivity contribution is 7.89. The number of hydrogen-bond donors (Lipinski definition) is 1. The normalized spacial score (nSPS) is 17.4. The number of sulfonamides is 1. The Morgan fingerprint density at radius 3 is 2.56 bits per heavy atom. The lowest BCUT2D eigenvalue weighted by Crippen LogP contribution is -2.38. The summed E-state index contributed by atoms with van der Waals surface area (Å²) in [6.07, 6.45) is 1.48. The van der Waals surface area contributed by atoms with Gasteiger partial charge in [-0.2, -0.15) is 4.31 Å². The number of nitrogens with one attached hydrogen (secondary N) is 1. The number of aromatic amines is 1. The summed E-state index contributed by atoms with van der Waals surface area (Å²) in [6.45, 7) is 4.22. The molecule has 1 fully saturated rings. The number of para-hydroxylation sites is 2. The van der Waals surface area contributed by atoms with Crippen LogP contribution in [0, 0.1) is 13.8 Å². The van der Waals surface area contributed by atoms with Crippen LogP contribution in [0.3, 0.4) is 0 Å². The van der Waals surface area contributed by atoms with E-state index in [0.29, 0.717) is 24.5 Å². The monoisotopic (exact) mass is 360 g/mol. The van der Waals surface area contributed by atoms with E-state index in [1.807, 2.05) is 24.3 Å². The number of aryl methyl sites for hydroxylation is 2. The van der Waals surface area contributed by atoms with E-state index in [4.69, 9.17) is 4.52 Å². The molecule has 1 saturated heterocycles. The van der Waals surface area contributed by atoms with Gasteiger partial charge >= 0.3 is 0 Å². The van der Waals surface area contributed by atoms with Crippen LogP contribution in [0.2, 0.25) is 0 Å². The second kappa shape index (κ2) is 5.96. The maximum atomic E-state index is 12.9. The van der Waals surface area contributed by atoms with E-state index in [1.165, 1.54) is 4.31 Å². The van der Waals surface area contributed by atoms with Crippen LogP contribution in [0.4, 0.5) is 0 Å². The third-order valence-corrected chi connectivity index (χ3v) is 6.96. The van der Waals surface area contributed by atoms with E-state index in [0.717, 1.165) is 29.7 Å². The number of hydrogen-bond acceptors (Lipinski definition) is 5. The minimum absolute atomic E-state index is 0.203. The molecule has 0 spiro atoms. The molecule has 0 atom stereocenters. The molecular formula is C17H20N4O3S. The molecule has 0 bridgehead atoms. The van der Waals surface area contributed by atoms with Crippen molar-refractivity contribution in [1.29, 1.82) is 0 Å². The first kappa shape index (κ1) is 16.3. The third-order valence-electron chi connectivity index (χ3n) is 4.81. The molecule has 25 heavy (non-hydrogen) atoms. The first-order chi connectivity index (χ1) is 12.0. The molecule has 0 amide bonds. The lowest BCUT2D eigenvalue weighted by molar-refractivity contribution is 0.313. The molecule has 7 nitrogen and oxygen atoms in total. The van der Waals surface area contributed by atoms with E-state index in [9.17, 15) is 8.42 Å². The average Bonchev–Trinajstić information content (AvgIpc) is 3.18. The van der Waals surface area contributed by atoms with Gasteiger partial charge in [0, 0.05) is 19.0 Å². The van der Waals surface area contributed by atoms with E-state index in [1.54, 1.807) is 13.8 Å². The van der Waals surface area contributed by atoms with Crippen LogP contribution < -0.4 is 0 Å². The van der Waals surface area contributed by atoms with E-state index < -0.39 is 10.0 Å². The maximum absolute atomic E-state index is 12.9. The molecule has 1 aliphatic heterocycles. The number of benzene rings is 1. The highest BCUT2D eigenvalue weighted by Gasteiger charge is 2.34. The molecule has 1 N–H and O–H groups in total. The topological polar surface area (TPSA) is 92.1 Å². The molecule has 132 valence electrons. The molecule has 3 aromatic rings. The zero-order valence-corrected chi connectivity index (χ0v) is 15.0. The number of H-pyrrole nitrogens is 1. The van der Waals surface area contributed by atoms with Gasteiger partial charge in [0.25, 0.3) is 0 Å². The second-order valence-electron chi connectivity index (χ2n) is 6.47. The van der Waals surface area contributed by atoms with Crippen LogP contribution in [0.25, 0.3) is 11.0 Å². The number of fused-ring (bicyclic) bond motifs is 1. The number of piperidine rings is 1. The summed E-state index contributed by atoms with van der Waals surface area (Å²) in [7, 11) is -3.56. The fourth-order valence-corrected chi connectivity index (χ4v) is 5.27. The van der Waals surface area contributed by atoms with Crippen molar-refractivity contribution in [3.8, 4) is 0 Å². The van der Waals surface area contributed by atoms with Crippen molar-refractivity contribution in [2.75, 3.05) is 13.1 Å². The molecule has 2 aromatic heterocycles. The molecule has 0 aliphatic carbocycles. The first-order valence-electron chi connectivity index (χ1n) is 8.34. The van der Waals surface area contributed by atoms with Crippen LogP contribution >= 0.6 is 0 Å². The van der Waals surface area contributed by atoms with Crippen LogP contribution in [0.1, 0.15) is 36.0 Å². The third kappa shape index (κ3) is 2.75. The molecule has 4 rings (SSSR count). The summed E-state index contributed by atoms with van der Waals surface area (Å²) in [5.74, 6) is 1.52. The Morgan fingerprint density at radius 2 is 1.92 bits per heavy atom. The molecular weight excluding hydrogens is 340 g/mol. The van der Waals surface area contributed by atoms with Gasteiger partial charge in [0.2, 0.25) is 10.0 Å². The standard InChI is InChI=1S/C17H20N4O3S/c1-11-16(12(2)24-20-11)25(22,23)21-9-7-13(8-10-21)17-18-14-5-3-4-6-15(14)19-17/h3-6,13H,7-10H2,1-2H3,(H,18,19). The minimum atomic E-state index is -3.56. The number of nitrogens with zero attached hydrogens (tertiary/aromatic N) is 3. The highest BCUT2D eigenvalue weighted by atomic mass is 32.2. The van der Waals surface area contributed by atoms with E-state index >= 15 is 0 Å². The van der Waals surface area contributed by atoms with E-state index in [-0.39, 0.29) is 10.8 Å². The number of imidazole rings is 1. The largest absolute Gasteiger partial charge is 0.360 e. The fraction of sp³-hybridized carbons (Fsp3) is 0.412. The van der Waals surface area contributed by atoms with Gasteiger partial charge in [0.1, 0.15) is 16.4 Å². The Hall–Kier alpha value is -2.19. The van der Waals surface area contributed by atoms with Gasteiger partial charge < -0.3 is 9.51 Å². The number of aromatic nitrogens is 3. The van der Waals surface area contributed by atoms with E-state index in [2.05, 4.69) is 15.1 Å². The van der Waals surface area contributed by atoms with Crippen molar-refractivity contribution in [3.63, 3.8) is 0 Å².